The zero-order chi connectivity index (χ0) is 16.9. The molecule has 0 aromatic carbocycles. The molecule has 0 N–H and O–H groups in total. The summed E-state index contributed by atoms with van der Waals surface area (Å²) in [5.41, 5.74) is -0.978. The number of hydrogen-bond acceptors (Lipinski definition) is 7. The first-order valence-corrected chi connectivity index (χ1v) is 8.07. The molecule has 0 aromatic heterocycles. The minimum absolute atomic E-state index is 0.00486. The fourth-order valence-electron chi connectivity index (χ4n) is 3.21. The van der Waals surface area contributed by atoms with E-state index >= 15 is 0 Å². The van der Waals surface area contributed by atoms with Crippen LogP contribution in [0.4, 0.5) is 4.79 Å². The highest BCUT2D eigenvalue weighted by Gasteiger charge is 2.54. The van der Waals surface area contributed by atoms with Crippen molar-refractivity contribution in [3.63, 3.8) is 0 Å². The van der Waals surface area contributed by atoms with Crippen LogP contribution in [0.1, 0.15) is 26.7 Å². The number of nitrogens with zero attached hydrogens (tertiary/aromatic N) is 1. The molecule has 2 bridgehead atoms. The van der Waals surface area contributed by atoms with Crippen LogP contribution in [0.2, 0.25) is 0 Å². The van der Waals surface area contributed by atoms with Crippen LogP contribution in [-0.2, 0) is 23.7 Å². The van der Waals surface area contributed by atoms with Crippen molar-refractivity contribution in [3.8, 4) is 0 Å². The first-order chi connectivity index (χ1) is 11.0. The summed E-state index contributed by atoms with van der Waals surface area (Å²) in [5, 5.41) is 0. The summed E-state index contributed by atoms with van der Waals surface area (Å²) in [4.78, 5) is 26.4. The van der Waals surface area contributed by atoms with E-state index in [1.54, 1.807) is 6.92 Å². The van der Waals surface area contributed by atoms with Gasteiger partial charge in [-0.1, -0.05) is 0 Å². The molecule has 0 aliphatic carbocycles. The third kappa shape index (κ3) is 3.77. The predicted molar refractivity (Wildman–Crippen MR) is 81.7 cm³/mol. The van der Waals surface area contributed by atoms with E-state index < -0.39 is 11.7 Å². The van der Waals surface area contributed by atoms with Gasteiger partial charge in [-0.15, -0.1) is 0 Å². The van der Waals surface area contributed by atoms with Crippen LogP contribution in [0.15, 0.2) is 12.5 Å². The highest BCUT2D eigenvalue weighted by molar-refractivity contribution is 5.92. The zero-order valence-electron chi connectivity index (χ0n) is 13.8. The van der Waals surface area contributed by atoms with Crippen LogP contribution in [0.5, 0.6) is 0 Å². The quantitative estimate of drug-likeness (QED) is 0.496. The number of carbonyl (C=O) groups excluding carboxylic acids is 2. The molecule has 130 valence electrons. The van der Waals surface area contributed by atoms with Gasteiger partial charge in [0.2, 0.25) is 0 Å². The average molecular weight is 327 g/mol. The molecular formula is C16H25NO6. The highest BCUT2D eigenvalue weighted by atomic mass is 16.7. The Balaban J connectivity index is 2.09. The topological polar surface area (TPSA) is 74.3 Å². The van der Waals surface area contributed by atoms with Gasteiger partial charge in [-0.25, -0.2) is 4.79 Å². The molecule has 0 spiro atoms. The van der Waals surface area contributed by atoms with Crippen LogP contribution < -0.4 is 0 Å². The maximum atomic E-state index is 12.8. The van der Waals surface area contributed by atoms with Crippen molar-refractivity contribution in [2.75, 3.05) is 39.5 Å². The summed E-state index contributed by atoms with van der Waals surface area (Å²) in [5.74, 6) is 0.219. The van der Waals surface area contributed by atoms with Crippen LogP contribution in [0, 0.1) is 5.92 Å². The van der Waals surface area contributed by atoms with Gasteiger partial charge in [0.25, 0.3) is 5.95 Å². The molecule has 7 heteroatoms. The summed E-state index contributed by atoms with van der Waals surface area (Å²) in [6, 6.07) is 0. The van der Waals surface area contributed by atoms with Crippen molar-refractivity contribution in [1.82, 2.24) is 4.90 Å². The summed E-state index contributed by atoms with van der Waals surface area (Å²) < 4.78 is 20.7. The molecule has 7 nitrogen and oxygen atoms in total. The van der Waals surface area contributed by atoms with Gasteiger partial charge in [0.1, 0.15) is 18.8 Å². The third-order valence-corrected chi connectivity index (χ3v) is 4.40. The minimum Gasteiger partial charge on any atom is -0.466 e. The Morgan fingerprint density at radius 2 is 1.74 bits per heavy atom. The van der Waals surface area contributed by atoms with Gasteiger partial charge in [0.05, 0.1) is 13.2 Å². The molecule has 0 amide bonds. The lowest BCUT2D eigenvalue weighted by Crippen LogP contribution is -2.69. The van der Waals surface area contributed by atoms with E-state index in [-0.39, 0.29) is 37.5 Å². The molecule has 23 heavy (non-hydrogen) atoms. The molecule has 0 radical (unpaired) electrons. The molecule has 0 aromatic rings. The van der Waals surface area contributed by atoms with Gasteiger partial charge in [0, 0.05) is 19.0 Å². The Morgan fingerprint density at radius 1 is 1.13 bits per heavy atom. The fraction of sp³-hybridized carbons (Fsp3) is 0.750. The second kappa shape index (κ2) is 7.68. The van der Waals surface area contributed by atoms with Crippen molar-refractivity contribution in [2.24, 2.45) is 5.92 Å². The largest absolute Gasteiger partial charge is 0.508 e. The fourth-order valence-corrected chi connectivity index (χ4v) is 3.21. The van der Waals surface area contributed by atoms with Crippen molar-refractivity contribution < 1.29 is 28.5 Å². The maximum Gasteiger partial charge on any atom is 0.508 e. The van der Waals surface area contributed by atoms with Gasteiger partial charge in [-0.2, -0.15) is 0 Å². The van der Waals surface area contributed by atoms with Gasteiger partial charge in [0.15, 0.2) is 5.78 Å². The lowest BCUT2D eigenvalue weighted by molar-refractivity contribution is -0.160. The first kappa shape index (κ1) is 17.6. The van der Waals surface area contributed by atoms with Gasteiger partial charge >= 0.3 is 6.16 Å². The molecule has 3 aliphatic heterocycles. The Labute approximate surface area is 136 Å². The van der Waals surface area contributed by atoms with E-state index in [0.29, 0.717) is 6.61 Å². The molecule has 3 saturated heterocycles. The molecule has 3 aliphatic rings. The lowest BCUT2D eigenvalue weighted by Gasteiger charge is -2.51. The lowest BCUT2D eigenvalue weighted by atomic mass is 9.74. The Bertz CT molecular complexity index is 433. The summed E-state index contributed by atoms with van der Waals surface area (Å²) in [7, 11) is 0. The zero-order valence-corrected chi connectivity index (χ0v) is 13.8. The molecule has 3 rings (SSSR count). The highest BCUT2D eigenvalue weighted by Crippen LogP contribution is 2.37. The number of fused-ring (bicyclic) bond motifs is 3. The predicted octanol–water partition coefficient (Wildman–Crippen LogP) is 1.72. The van der Waals surface area contributed by atoms with E-state index in [9.17, 15) is 9.59 Å². The van der Waals surface area contributed by atoms with E-state index in [1.165, 1.54) is 0 Å². The monoisotopic (exact) mass is 327 g/mol. The van der Waals surface area contributed by atoms with Crippen LogP contribution in [0.3, 0.4) is 0 Å². The molecule has 3 heterocycles. The summed E-state index contributed by atoms with van der Waals surface area (Å²) >= 11 is 0. The maximum absolute atomic E-state index is 12.8. The van der Waals surface area contributed by atoms with Gasteiger partial charge < -0.3 is 18.9 Å². The standard InChI is InChI=1S/C16H25NO6/c1-4-20-12(3)22-10-16(11-23-15(19)21-5-2)14(18)13-6-8-17(16)9-7-13/h13H,3-11H2,1-2H3. The van der Waals surface area contributed by atoms with Gasteiger partial charge in [-0.05, 0) is 33.3 Å². The van der Waals surface area contributed by atoms with E-state index in [0.717, 1.165) is 25.9 Å². The number of ether oxygens (including phenoxy) is 4. The molecule has 1 unspecified atom stereocenters. The van der Waals surface area contributed by atoms with E-state index in [4.69, 9.17) is 18.9 Å². The molecule has 3 fully saturated rings. The molecular weight excluding hydrogens is 302 g/mol. The Hall–Kier alpha value is -1.76. The van der Waals surface area contributed by atoms with E-state index in [2.05, 4.69) is 6.58 Å². The first-order valence-electron chi connectivity index (χ1n) is 8.07. The average Bonchev–Trinajstić information content (AvgIpc) is 2.55. The number of Topliss-reactive ketones (excluding diaryl/α,β-unsaturated/α-hetero) is 1. The summed E-state index contributed by atoms with van der Waals surface area (Å²) in [6.07, 6.45) is 0.907. The number of hydrogen-bond donors (Lipinski definition) is 0. The SMILES string of the molecule is C=C(OCC)OCC1(COC(=O)OCC)C(=O)C2CCN1CC2. The number of ketones is 1. The second-order valence-corrected chi connectivity index (χ2v) is 5.72. The summed E-state index contributed by atoms with van der Waals surface area (Å²) in [6.45, 7) is 9.39. The van der Waals surface area contributed by atoms with Crippen molar-refractivity contribution >= 4 is 11.9 Å². The van der Waals surface area contributed by atoms with Gasteiger partial charge in [-0.3, -0.25) is 9.69 Å². The van der Waals surface area contributed by atoms with E-state index in [1.807, 2.05) is 11.8 Å². The van der Waals surface area contributed by atoms with Crippen LogP contribution >= 0.6 is 0 Å². The van der Waals surface area contributed by atoms with Crippen molar-refractivity contribution in [1.29, 1.82) is 0 Å². The number of rotatable bonds is 8. The normalized spacial score (nSPS) is 29.0. The third-order valence-electron chi connectivity index (χ3n) is 4.40. The Kier molecular flexibility index (Phi) is 5.87. The Morgan fingerprint density at radius 3 is 2.30 bits per heavy atom. The second-order valence-electron chi connectivity index (χ2n) is 5.72. The van der Waals surface area contributed by atoms with Crippen molar-refractivity contribution in [2.45, 2.75) is 32.2 Å². The smallest absolute Gasteiger partial charge is 0.466 e. The number of piperidine rings is 3. The van der Waals surface area contributed by atoms with Crippen molar-refractivity contribution in [3.05, 3.63) is 12.5 Å². The molecule has 1 atom stereocenters. The van der Waals surface area contributed by atoms with Crippen LogP contribution in [-0.4, -0.2) is 61.9 Å². The van der Waals surface area contributed by atoms with Crippen LogP contribution in [0.25, 0.3) is 0 Å². The minimum atomic E-state index is -0.978. The number of carbonyl (C=O) groups is 2. The molecule has 0 saturated carbocycles.